The zero-order valence-electron chi connectivity index (χ0n) is 11.6. The van der Waals surface area contributed by atoms with Crippen molar-refractivity contribution in [2.75, 3.05) is 0 Å². The van der Waals surface area contributed by atoms with E-state index in [4.69, 9.17) is 11.6 Å². The molecular weight excluding hydrogens is 302 g/mol. The summed E-state index contributed by atoms with van der Waals surface area (Å²) in [6, 6.07) is 9.00. The number of nitrogens with zero attached hydrogens (tertiary/aromatic N) is 5. The molecule has 0 fully saturated rings. The van der Waals surface area contributed by atoms with Crippen molar-refractivity contribution in [3.8, 4) is 5.69 Å². The maximum absolute atomic E-state index is 12.7. The molecule has 0 bridgehead atoms. The third-order valence-corrected chi connectivity index (χ3v) is 3.77. The van der Waals surface area contributed by atoms with Gasteiger partial charge in [0, 0.05) is 12.4 Å². The zero-order chi connectivity index (χ0) is 15.3. The minimum Gasteiger partial charge on any atom is -0.282 e. The van der Waals surface area contributed by atoms with Gasteiger partial charge in [-0.3, -0.25) is 9.36 Å². The molecular formula is C15H10ClN5O. The van der Waals surface area contributed by atoms with Crippen LogP contribution in [0.4, 0.5) is 0 Å². The Bertz CT molecular complexity index is 1080. The van der Waals surface area contributed by atoms with E-state index in [1.165, 1.54) is 10.8 Å². The van der Waals surface area contributed by atoms with Gasteiger partial charge in [0.25, 0.3) is 11.3 Å². The van der Waals surface area contributed by atoms with Crippen LogP contribution in [0.2, 0.25) is 5.02 Å². The lowest BCUT2D eigenvalue weighted by Gasteiger charge is -2.09. The molecule has 0 aliphatic rings. The van der Waals surface area contributed by atoms with Crippen LogP contribution in [0.25, 0.3) is 22.4 Å². The van der Waals surface area contributed by atoms with Gasteiger partial charge in [0.15, 0.2) is 0 Å². The van der Waals surface area contributed by atoms with Gasteiger partial charge in [-0.15, -0.1) is 5.10 Å². The highest BCUT2D eigenvalue weighted by Crippen LogP contribution is 2.19. The minimum atomic E-state index is -0.201. The molecule has 0 saturated heterocycles. The number of aromatic nitrogens is 5. The Morgan fingerprint density at radius 2 is 2.00 bits per heavy atom. The van der Waals surface area contributed by atoms with Crippen molar-refractivity contribution < 1.29 is 0 Å². The Labute approximate surface area is 129 Å². The van der Waals surface area contributed by atoms with Crippen LogP contribution in [-0.4, -0.2) is 24.1 Å². The van der Waals surface area contributed by atoms with Crippen LogP contribution in [0.5, 0.6) is 0 Å². The van der Waals surface area contributed by atoms with Crippen LogP contribution in [0.1, 0.15) is 5.82 Å². The fourth-order valence-electron chi connectivity index (χ4n) is 2.46. The first kappa shape index (κ1) is 13.0. The molecule has 1 aromatic carbocycles. The molecule has 7 heteroatoms. The van der Waals surface area contributed by atoms with E-state index in [1.807, 2.05) is 18.2 Å². The van der Waals surface area contributed by atoms with E-state index in [1.54, 1.807) is 29.8 Å². The molecule has 0 unspecified atom stereocenters. The first-order valence-electron chi connectivity index (χ1n) is 6.64. The van der Waals surface area contributed by atoms with Crippen LogP contribution >= 0.6 is 11.6 Å². The van der Waals surface area contributed by atoms with E-state index < -0.39 is 0 Å². The summed E-state index contributed by atoms with van der Waals surface area (Å²) in [5.41, 5.74) is 1.10. The first-order valence-corrected chi connectivity index (χ1v) is 7.01. The lowest BCUT2D eigenvalue weighted by atomic mass is 10.2. The van der Waals surface area contributed by atoms with Gasteiger partial charge < -0.3 is 0 Å². The summed E-state index contributed by atoms with van der Waals surface area (Å²) in [5, 5.41) is 5.24. The molecule has 108 valence electrons. The predicted molar refractivity (Wildman–Crippen MR) is 83.6 cm³/mol. The molecule has 0 saturated carbocycles. The number of para-hydroxylation sites is 1. The standard InChI is InChI=1S/C15H10ClN5O/c1-9-18-15-17-8-10-12(21(15)19-9)6-7-20(14(10)22)13-5-3-2-4-11(13)16/h2-8H,1H3. The van der Waals surface area contributed by atoms with E-state index in [-0.39, 0.29) is 5.56 Å². The van der Waals surface area contributed by atoms with E-state index in [0.717, 1.165) is 0 Å². The highest BCUT2D eigenvalue weighted by atomic mass is 35.5. The second kappa shape index (κ2) is 4.64. The number of hydrogen-bond acceptors (Lipinski definition) is 4. The van der Waals surface area contributed by atoms with Crippen molar-refractivity contribution in [1.29, 1.82) is 0 Å². The van der Waals surface area contributed by atoms with Crippen molar-refractivity contribution in [2.45, 2.75) is 6.92 Å². The summed E-state index contributed by atoms with van der Waals surface area (Å²) in [4.78, 5) is 21.1. The van der Waals surface area contributed by atoms with Gasteiger partial charge in [-0.05, 0) is 25.1 Å². The number of rotatable bonds is 1. The van der Waals surface area contributed by atoms with Gasteiger partial charge in [-0.2, -0.15) is 9.50 Å². The fourth-order valence-corrected chi connectivity index (χ4v) is 2.68. The molecule has 4 rings (SSSR count). The number of halogens is 1. The molecule has 0 aliphatic heterocycles. The Kier molecular flexibility index (Phi) is 2.74. The minimum absolute atomic E-state index is 0.201. The van der Waals surface area contributed by atoms with Gasteiger partial charge in [0.1, 0.15) is 5.82 Å². The van der Waals surface area contributed by atoms with Crippen LogP contribution < -0.4 is 5.56 Å². The van der Waals surface area contributed by atoms with Crippen LogP contribution in [0.3, 0.4) is 0 Å². The Balaban J connectivity index is 2.08. The highest BCUT2D eigenvalue weighted by Gasteiger charge is 2.11. The predicted octanol–water partition coefficient (Wildman–Crippen LogP) is 2.39. The average molecular weight is 312 g/mol. The molecule has 0 amide bonds. The van der Waals surface area contributed by atoms with Crippen molar-refractivity contribution in [2.24, 2.45) is 0 Å². The molecule has 3 heterocycles. The van der Waals surface area contributed by atoms with Gasteiger partial charge in [0.05, 0.1) is 21.6 Å². The van der Waals surface area contributed by atoms with E-state index in [2.05, 4.69) is 15.1 Å². The molecule has 0 aliphatic carbocycles. The summed E-state index contributed by atoms with van der Waals surface area (Å²) < 4.78 is 3.07. The summed E-state index contributed by atoms with van der Waals surface area (Å²) in [6.07, 6.45) is 3.21. The highest BCUT2D eigenvalue weighted by molar-refractivity contribution is 6.32. The van der Waals surface area contributed by atoms with Crippen molar-refractivity contribution in [3.05, 3.63) is 63.9 Å². The van der Waals surface area contributed by atoms with E-state index in [9.17, 15) is 4.79 Å². The first-order chi connectivity index (χ1) is 10.6. The Morgan fingerprint density at radius 1 is 1.18 bits per heavy atom. The molecule has 3 aromatic heterocycles. The van der Waals surface area contributed by atoms with Crippen LogP contribution in [-0.2, 0) is 0 Å². The zero-order valence-corrected chi connectivity index (χ0v) is 12.3. The SMILES string of the molecule is Cc1nc2ncc3c(=O)n(-c4ccccc4Cl)ccc3n2n1. The van der Waals surface area contributed by atoms with Crippen molar-refractivity contribution in [1.82, 2.24) is 24.1 Å². The number of benzene rings is 1. The number of fused-ring (bicyclic) bond motifs is 3. The molecule has 0 N–H and O–H groups in total. The summed E-state index contributed by atoms with van der Waals surface area (Å²) in [5.74, 6) is 1.08. The van der Waals surface area contributed by atoms with Crippen LogP contribution in [0, 0.1) is 6.92 Å². The number of aryl methyl sites for hydroxylation is 1. The number of pyridine rings is 1. The molecule has 0 spiro atoms. The smallest absolute Gasteiger partial charge is 0.266 e. The molecule has 4 aromatic rings. The lowest BCUT2D eigenvalue weighted by Crippen LogP contribution is -2.19. The van der Waals surface area contributed by atoms with Gasteiger partial charge in [-0.1, -0.05) is 23.7 Å². The monoisotopic (exact) mass is 311 g/mol. The summed E-state index contributed by atoms with van der Waals surface area (Å²) in [7, 11) is 0. The largest absolute Gasteiger partial charge is 0.282 e. The second-order valence-corrected chi connectivity index (χ2v) is 5.28. The van der Waals surface area contributed by atoms with Crippen molar-refractivity contribution >= 4 is 28.3 Å². The normalized spacial score (nSPS) is 11.4. The second-order valence-electron chi connectivity index (χ2n) is 4.87. The molecule has 0 atom stereocenters. The van der Waals surface area contributed by atoms with Gasteiger partial charge >= 0.3 is 0 Å². The Hall–Kier alpha value is -2.73. The maximum Gasteiger partial charge on any atom is 0.266 e. The fraction of sp³-hybridized carbons (Fsp3) is 0.0667. The number of hydrogen-bond donors (Lipinski definition) is 0. The third kappa shape index (κ3) is 1.81. The molecule has 0 radical (unpaired) electrons. The van der Waals surface area contributed by atoms with Gasteiger partial charge in [0.2, 0.25) is 0 Å². The lowest BCUT2D eigenvalue weighted by molar-refractivity contribution is 0.939. The topological polar surface area (TPSA) is 65.1 Å². The van der Waals surface area contributed by atoms with Gasteiger partial charge in [-0.25, -0.2) is 4.98 Å². The maximum atomic E-state index is 12.7. The third-order valence-electron chi connectivity index (χ3n) is 3.45. The Morgan fingerprint density at radius 3 is 2.82 bits per heavy atom. The molecule has 6 nitrogen and oxygen atoms in total. The summed E-state index contributed by atoms with van der Waals surface area (Å²) in [6.45, 7) is 1.78. The average Bonchev–Trinajstić information content (AvgIpc) is 2.89. The van der Waals surface area contributed by atoms with E-state index in [0.29, 0.717) is 33.2 Å². The van der Waals surface area contributed by atoms with E-state index >= 15 is 0 Å². The van der Waals surface area contributed by atoms with Crippen LogP contribution in [0.15, 0.2) is 47.5 Å². The quantitative estimate of drug-likeness (QED) is 0.541. The van der Waals surface area contributed by atoms with Crippen molar-refractivity contribution in [3.63, 3.8) is 0 Å². The molecule has 22 heavy (non-hydrogen) atoms. The summed E-state index contributed by atoms with van der Waals surface area (Å²) >= 11 is 6.18.